The zero-order valence-electron chi connectivity index (χ0n) is 26.3. The van der Waals surface area contributed by atoms with Crippen LogP contribution in [0, 0.1) is 12.3 Å². The minimum absolute atomic E-state index is 0.0553. The first kappa shape index (κ1) is 33.3. The lowest BCUT2D eigenvalue weighted by Crippen LogP contribution is -2.66. The summed E-state index contributed by atoms with van der Waals surface area (Å²) in [6.07, 6.45) is 3.72. The molecule has 0 aliphatic carbocycles. The number of fused-ring (bicyclic) bond motifs is 1. The van der Waals surface area contributed by atoms with E-state index in [0.717, 1.165) is 0 Å². The zero-order chi connectivity index (χ0) is 31.7. The number of hydrogen-bond donors (Lipinski definition) is 0. The molecule has 2 aliphatic heterocycles. The van der Waals surface area contributed by atoms with Crippen LogP contribution in [0.4, 0.5) is 0 Å². The third kappa shape index (κ3) is 6.04. The quantitative estimate of drug-likeness (QED) is 0.309. The molecule has 1 aromatic heterocycles. The van der Waals surface area contributed by atoms with Crippen molar-refractivity contribution < 1.29 is 27.2 Å². The van der Waals surface area contributed by atoms with Crippen LogP contribution in [0.2, 0.25) is 22.2 Å². The van der Waals surface area contributed by atoms with Crippen molar-refractivity contribution in [2.24, 2.45) is 0 Å². The predicted molar refractivity (Wildman–Crippen MR) is 167 cm³/mol. The summed E-state index contributed by atoms with van der Waals surface area (Å²) in [4.78, 5) is 39.9. The van der Waals surface area contributed by atoms with E-state index < -0.39 is 58.8 Å². The standard InChI is InChI=1S/C31H44N2O8Si2/c1-10-18-37-28-27-25(19-38-42(20(2)3,21(4)5)41-43(40-27,22(6)7)23(8)9)39-30(28)32-17-16-26(34)33(31(32)36)29(35)24-14-12-11-13-15-24/h1,11-17,20-23,25,27-28,30H,18-19H2,2-9H3/t25-,27-,28-,30-/m1/s1. The van der Waals surface area contributed by atoms with Gasteiger partial charge in [-0.05, 0) is 34.3 Å². The van der Waals surface area contributed by atoms with Crippen LogP contribution in [0.5, 0.6) is 0 Å². The van der Waals surface area contributed by atoms with Crippen molar-refractivity contribution >= 4 is 23.0 Å². The highest BCUT2D eigenvalue weighted by atomic mass is 28.5. The van der Waals surface area contributed by atoms with Crippen molar-refractivity contribution in [2.45, 2.75) is 102 Å². The molecule has 0 amide bonds. The summed E-state index contributed by atoms with van der Waals surface area (Å²) in [5.74, 6) is 1.76. The van der Waals surface area contributed by atoms with E-state index in [2.05, 4.69) is 61.3 Å². The number of nitrogens with zero attached hydrogens (tertiary/aromatic N) is 2. The smallest absolute Gasteiger partial charge is 0.340 e. The molecule has 4 atom stereocenters. The van der Waals surface area contributed by atoms with E-state index in [4.69, 9.17) is 28.9 Å². The molecule has 12 heteroatoms. The van der Waals surface area contributed by atoms with Crippen molar-refractivity contribution in [3.63, 3.8) is 0 Å². The van der Waals surface area contributed by atoms with Gasteiger partial charge in [0.2, 0.25) is 0 Å². The van der Waals surface area contributed by atoms with Crippen molar-refractivity contribution in [2.75, 3.05) is 13.2 Å². The lowest BCUT2D eigenvalue weighted by molar-refractivity contribution is -0.0679. The molecule has 0 spiro atoms. The van der Waals surface area contributed by atoms with Crippen LogP contribution in [0.1, 0.15) is 72.0 Å². The average Bonchev–Trinajstić information content (AvgIpc) is 3.27. The highest BCUT2D eigenvalue weighted by Crippen LogP contribution is 2.48. The minimum atomic E-state index is -3.05. The topological polar surface area (TPSA) is 107 Å². The molecule has 2 saturated heterocycles. The molecule has 3 heterocycles. The van der Waals surface area contributed by atoms with Crippen LogP contribution >= 0.6 is 0 Å². The molecule has 43 heavy (non-hydrogen) atoms. The SMILES string of the molecule is C#CCO[C@@H]1[C@@H]2O[Si](C(C)C)(C(C)C)O[Si](C(C)C)(C(C)C)OC[C@H]2O[C@H]1n1ccc(=O)n(C(=O)c2ccccc2)c1=O. The number of hydrogen-bond acceptors (Lipinski definition) is 8. The molecular formula is C31H44N2O8Si2. The number of carbonyl (C=O) groups is 1. The second-order valence-electron chi connectivity index (χ2n) is 12.5. The second-order valence-corrected chi connectivity index (χ2v) is 21.3. The Morgan fingerprint density at radius 3 is 2.14 bits per heavy atom. The molecule has 2 aromatic rings. The first-order valence-corrected chi connectivity index (χ1v) is 18.9. The molecule has 2 aliphatic rings. The predicted octanol–water partition coefficient (Wildman–Crippen LogP) is 4.57. The van der Waals surface area contributed by atoms with Gasteiger partial charge in [-0.15, -0.1) is 6.42 Å². The second kappa shape index (κ2) is 13.2. The van der Waals surface area contributed by atoms with E-state index in [-0.39, 0.29) is 40.9 Å². The molecule has 0 bridgehead atoms. The zero-order valence-corrected chi connectivity index (χ0v) is 28.3. The number of carbonyl (C=O) groups excluding carboxylic acids is 1. The summed E-state index contributed by atoms with van der Waals surface area (Å²) in [5, 5.41) is 0. The van der Waals surface area contributed by atoms with Crippen LogP contribution in [0.3, 0.4) is 0 Å². The Morgan fingerprint density at radius 2 is 1.58 bits per heavy atom. The van der Waals surface area contributed by atoms with Gasteiger partial charge in [0.05, 0.1) is 6.61 Å². The first-order chi connectivity index (χ1) is 20.3. The van der Waals surface area contributed by atoms with Gasteiger partial charge in [-0.2, -0.15) is 4.57 Å². The Bertz CT molecular complexity index is 1430. The van der Waals surface area contributed by atoms with Crippen molar-refractivity contribution in [1.29, 1.82) is 0 Å². The number of terminal acetylenes is 1. The van der Waals surface area contributed by atoms with E-state index in [1.54, 1.807) is 30.3 Å². The molecule has 2 fully saturated rings. The van der Waals surface area contributed by atoms with Gasteiger partial charge in [0, 0.05) is 17.8 Å². The summed E-state index contributed by atoms with van der Waals surface area (Å²) in [7, 11) is -5.89. The van der Waals surface area contributed by atoms with Crippen LogP contribution in [-0.2, 0) is 22.4 Å². The molecule has 0 unspecified atom stereocenters. The van der Waals surface area contributed by atoms with Gasteiger partial charge in [-0.25, -0.2) is 4.79 Å². The van der Waals surface area contributed by atoms with Crippen molar-refractivity contribution in [1.82, 2.24) is 9.13 Å². The highest BCUT2D eigenvalue weighted by molar-refractivity contribution is 6.84. The Hall–Kier alpha value is -2.64. The van der Waals surface area contributed by atoms with Gasteiger partial charge in [-0.3, -0.25) is 14.2 Å². The highest BCUT2D eigenvalue weighted by Gasteiger charge is 2.62. The molecular weight excluding hydrogens is 585 g/mol. The molecule has 10 nitrogen and oxygen atoms in total. The first-order valence-electron chi connectivity index (χ1n) is 15.0. The normalized spacial score (nSPS) is 25.0. The Balaban J connectivity index is 1.85. The number of aromatic nitrogens is 2. The minimum Gasteiger partial charge on any atom is -0.414 e. The molecule has 234 valence electrons. The third-order valence-corrected chi connectivity index (χ3v) is 18.7. The summed E-state index contributed by atoms with van der Waals surface area (Å²) in [6, 6.07) is 9.33. The maximum Gasteiger partial charge on any atom is 0.340 e. The van der Waals surface area contributed by atoms with E-state index >= 15 is 0 Å². The number of rotatable bonds is 8. The van der Waals surface area contributed by atoms with Gasteiger partial charge in [0.25, 0.3) is 11.5 Å². The maximum atomic E-state index is 13.8. The lowest BCUT2D eigenvalue weighted by Gasteiger charge is -2.51. The average molecular weight is 629 g/mol. The molecule has 0 radical (unpaired) electrons. The molecule has 4 rings (SSSR count). The maximum absolute atomic E-state index is 13.8. The fourth-order valence-corrected chi connectivity index (χ4v) is 17.5. The third-order valence-electron chi connectivity index (χ3n) is 8.48. The van der Waals surface area contributed by atoms with E-state index in [1.807, 2.05) is 0 Å². The number of benzene rings is 1. The van der Waals surface area contributed by atoms with E-state index in [0.29, 0.717) is 4.57 Å². The van der Waals surface area contributed by atoms with Gasteiger partial charge in [0.1, 0.15) is 24.9 Å². The lowest BCUT2D eigenvalue weighted by atomic mass is 10.1. The summed E-state index contributed by atoms with van der Waals surface area (Å²) >= 11 is 0. The van der Waals surface area contributed by atoms with E-state index in [1.165, 1.54) is 16.8 Å². The van der Waals surface area contributed by atoms with Crippen LogP contribution in [-0.4, -0.2) is 63.7 Å². The van der Waals surface area contributed by atoms with Gasteiger partial charge in [-0.1, -0.05) is 79.5 Å². The Labute approximate surface area is 255 Å². The molecule has 1 aromatic carbocycles. The van der Waals surface area contributed by atoms with Gasteiger partial charge >= 0.3 is 22.8 Å². The largest absolute Gasteiger partial charge is 0.414 e. The van der Waals surface area contributed by atoms with Gasteiger partial charge in [0.15, 0.2) is 6.23 Å². The Morgan fingerprint density at radius 1 is 0.977 bits per heavy atom. The fraction of sp³-hybridized carbons (Fsp3) is 0.581. The van der Waals surface area contributed by atoms with Crippen molar-refractivity contribution in [3.8, 4) is 12.3 Å². The van der Waals surface area contributed by atoms with Gasteiger partial charge < -0.3 is 22.4 Å². The Kier molecular flexibility index (Phi) is 10.2. The summed E-state index contributed by atoms with van der Waals surface area (Å²) in [5.41, 5.74) is -1.01. The molecule has 0 saturated carbocycles. The van der Waals surface area contributed by atoms with Crippen LogP contribution in [0.15, 0.2) is 52.2 Å². The van der Waals surface area contributed by atoms with Crippen molar-refractivity contribution in [3.05, 3.63) is 69.0 Å². The molecule has 0 N–H and O–H groups in total. The summed E-state index contributed by atoms with van der Waals surface area (Å²) in [6.45, 7) is 17.1. The van der Waals surface area contributed by atoms with Crippen LogP contribution in [0.25, 0.3) is 0 Å². The van der Waals surface area contributed by atoms with E-state index in [9.17, 15) is 14.4 Å². The number of ether oxygens (including phenoxy) is 2. The fourth-order valence-electron chi connectivity index (χ4n) is 6.25. The van der Waals surface area contributed by atoms with Crippen LogP contribution < -0.4 is 11.2 Å². The monoisotopic (exact) mass is 628 g/mol. The summed E-state index contributed by atoms with van der Waals surface area (Å²) < 4.78 is 35.8.